The molecular weight excluding hydrogens is 352 g/mol. The summed E-state index contributed by atoms with van der Waals surface area (Å²) in [7, 11) is 3.53. The Morgan fingerprint density at radius 2 is 1.61 bits per heavy atom. The lowest BCUT2D eigenvalue weighted by atomic mass is 9.82. The van der Waals surface area contributed by atoms with E-state index in [1.54, 1.807) is 19.0 Å². The van der Waals surface area contributed by atoms with E-state index < -0.39 is 0 Å². The molecule has 0 aromatic heterocycles. The van der Waals surface area contributed by atoms with Crippen molar-refractivity contribution in [3.8, 4) is 0 Å². The molecule has 28 heavy (non-hydrogen) atoms. The van der Waals surface area contributed by atoms with Gasteiger partial charge in [-0.1, -0.05) is 30.3 Å². The summed E-state index contributed by atoms with van der Waals surface area (Å²) in [6.07, 6.45) is 6.56. The number of hydrogen-bond donors (Lipinski definition) is 2. The molecule has 1 aliphatic carbocycles. The van der Waals surface area contributed by atoms with Gasteiger partial charge in [-0.3, -0.25) is 4.79 Å². The van der Waals surface area contributed by atoms with Crippen molar-refractivity contribution in [2.75, 3.05) is 33.9 Å². The summed E-state index contributed by atoms with van der Waals surface area (Å²) in [4.78, 5) is 18.1. The van der Waals surface area contributed by atoms with Gasteiger partial charge in [0.25, 0.3) is 0 Å². The molecule has 2 N–H and O–H groups in total. The SMILES string of the molecule is CN(C)C(=O)CN=C(NC1CCOCC1)NC1CCC(c2ccccc2)CC1. The van der Waals surface area contributed by atoms with Crippen molar-refractivity contribution in [3.63, 3.8) is 0 Å². The van der Waals surface area contributed by atoms with Crippen LogP contribution in [0.4, 0.5) is 0 Å². The summed E-state index contributed by atoms with van der Waals surface area (Å²) in [5.74, 6) is 1.43. The largest absolute Gasteiger partial charge is 0.381 e. The zero-order valence-corrected chi connectivity index (χ0v) is 17.2. The van der Waals surface area contributed by atoms with E-state index in [4.69, 9.17) is 4.74 Å². The first-order valence-corrected chi connectivity index (χ1v) is 10.5. The Morgan fingerprint density at radius 1 is 1.00 bits per heavy atom. The van der Waals surface area contributed by atoms with Gasteiger partial charge in [-0.25, -0.2) is 4.99 Å². The van der Waals surface area contributed by atoms with E-state index in [9.17, 15) is 4.79 Å². The molecule has 1 saturated carbocycles. The van der Waals surface area contributed by atoms with Gasteiger partial charge in [-0.2, -0.15) is 0 Å². The normalized spacial score (nSPS) is 23.9. The van der Waals surface area contributed by atoms with Crippen LogP contribution in [0.2, 0.25) is 0 Å². The summed E-state index contributed by atoms with van der Waals surface area (Å²) in [6.45, 7) is 1.73. The van der Waals surface area contributed by atoms with Gasteiger partial charge in [0, 0.05) is 39.4 Å². The second-order valence-corrected chi connectivity index (χ2v) is 8.09. The highest BCUT2D eigenvalue weighted by molar-refractivity contribution is 5.85. The Bertz CT molecular complexity index is 633. The molecule has 154 valence electrons. The molecule has 1 heterocycles. The van der Waals surface area contributed by atoms with Gasteiger partial charge in [-0.15, -0.1) is 0 Å². The number of hydrogen-bond acceptors (Lipinski definition) is 3. The predicted molar refractivity (Wildman–Crippen MR) is 113 cm³/mol. The first-order valence-electron chi connectivity index (χ1n) is 10.5. The third-order valence-electron chi connectivity index (χ3n) is 5.77. The number of ether oxygens (including phenoxy) is 1. The number of aliphatic imine (C=N–C) groups is 1. The number of nitrogens with zero attached hydrogens (tertiary/aromatic N) is 2. The molecule has 0 radical (unpaired) electrons. The molecule has 6 nitrogen and oxygen atoms in total. The van der Waals surface area contributed by atoms with Gasteiger partial charge in [0.1, 0.15) is 6.54 Å². The minimum absolute atomic E-state index is 0.0147. The number of nitrogens with one attached hydrogen (secondary N) is 2. The van der Waals surface area contributed by atoms with Crippen LogP contribution >= 0.6 is 0 Å². The molecule has 0 spiro atoms. The quantitative estimate of drug-likeness (QED) is 0.603. The topological polar surface area (TPSA) is 66.0 Å². The third kappa shape index (κ3) is 6.23. The van der Waals surface area contributed by atoms with E-state index in [-0.39, 0.29) is 12.5 Å². The number of likely N-dealkylation sites (N-methyl/N-ethyl adjacent to an activating group) is 1. The number of carbonyl (C=O) groups excluding carboxylic acids is 1. The van der Waals surface area contributed by atoms with Crippen LogP contribution in [0.15, 0.2) is 35.3 Å². The van der Waals surface area contributed by atoms with Gasteiger partial charge in [0.2, 0.25) is 5.91 Å². The number of carbonyl (C=O) groups is 1. The fraction of sp³-hybridized carbons (Fsp3) is 0.636. The van der Waals surface area contributed by atoms with Crippen molar-refractivity contribution in [3.05, 3.63) is 35.9 Å². The van der Waals surface area contributed by atoms with Gasteiger partial charge >= 0.3 is 0 Å². The van der Waals surface area contributed by atoms with Crippen LogP contribution in [0.1, 0.15) is 50.0 Å². The van der Waals surface area contributed by atoms with Crippen LogP contribution in [0, 0.1) is 0 Å². The fourth-order valence-electron chi connectivity index (χ4n) is 3.95. The van der Waals surface area contributed by atoms with Crippen molar-refractivity contribution in [2.45, 2.75) is 56.5 Å². The molecule has 1 aromatic rings. The van der Waals surface area contributed by atoms with Crippen molar-refractivity contribution in [2.24, 2.45) is 4.99 Å². The van der Waals surface area contributed by atoms with Gasteiger partial charge in [0.05, 0.1) is 0 Å². The molecule has 0 atom stereocenters. The summed E-state index contributed by atoms with van der Waals surface area (Å²) in [5, 5.41) is 7.13. The first kappa shape index (κ1) is 20.6. The summed E-state index contributed by atoms with van der Waals surface area (Å²) in [5.41, 5.74) is 1.45. The molecule has 1 aliphatic heterocycles. The monoisotopic (exact) mass is 386 g/mol. The second-order valence-electron chi connectivity index (χ2n) is 8.09. The maximum absolute atomic E-state index is 12.0. The second kappa shape index (κ2) is 10.5. The Hall–Kier alpha value is -2.08. The first-order chi connectivity index (χ1) is 13.6. The van der Waals surface area contributed by atoms with Crippen molar-refractivity contribution < 1.29 is 9.53 Å². The summed E-state index contributed by atoms with van der Waals surface area (Å²) in [6, 6.07) is 11.6. The Balaban J connectivity index is 1.56. The molecule has 2 aliphatic rings. The standard InChI is InChI=1S/C22H34N4O2/c1-26(2)21(27)16-23-22(25-20-12-14-28-15-13-20)24-19-10-8-18(9-11-19)17-6-4-3-5-7-17/h3-7,18-20H,8-16H2,1-2H3,(H2,23,24,25). The van der Waals surface area contributed by atoms with Crippen molar-refractivity contribution >= 4 is 11.9 Å². The molecular formula is C22H34N4O2. The number of guanidine groups is 1. The minimum Gasteiger partial charge on any atom is -0.381 e. The average Bonchev–Trinajstić information content (AvgIpc) is 2.73. The molecule has 1 amide bonds. The minimum atomic E-state index is 0.0147. The highest BCUT2D eigenvalue weighted by Gasteiger charge is 2.24. The maximum atomic E-state index is 12.0. The lowest BCUT2D eigenvalue weighted by Crippen LogP contribution is -2.50. The third-order valence-corrected chi connectivity index (χ3v) is 5.77. The molecule has 1 saturated heterocycles. The zero-order chi connectivity index (χ0) is 19.8. The smallest absolute Gasteiger partial charge is 0.243 e. The van der Waals surface area contributed by atoms with E-state index in [0.717, 1.165) is 44.9 Å². The molecule has 0 bridgehead atoms. The number of amides is 1. The number of benzene rings is 1. The highest BCUT2D eigenvalue weighted by atomic mass is 16.5. The van der Waals surface area contributed by atoms with E-state index >= 15 is 0 Å². The van der Waals surface area contributed by atoms with Crippen LogP contribution in [0.5, 0.6) is 0 Å². The van der Waals surface area contributed by atoms with Crippen LogP contribution < -0.4 is 10.6 Å². The lowest BCUT2D eigenvalue weighted by Gasteiger charge is -2.32. The lowest BCUT2D eigenvalue weighted by molar-refractivity contribution is -0.127. The van der Waals surface area contributed by atoms with Crippen LogP contribution in [-0.4, -0.2) is 62.7 Å². The molecule has 2 fully saturated rings. The van der Waals surface area contributed by atoms with E-state index in [0.29, 0.717) is 18.0 Å². The van der Waals surface area contributed by atoms with Crippen LogP contribution in [-0.2, 0) is 9.53 Å². The van der Waals surface area contributed by atoms with Crippen LogP contribution in [0.25, 0.3) is 0 Å². The molecule has 1 aromatic carbocycles. The van der Waals surface area contributed by atoms with E-state index in [2.05, 4.69) is 46.0 Å². The van der Waals surface area contributed by atoms with Gasteiger partial charge in [-0.05, 0) is 50.0 Å². The maximum Gasteiger partial charge on any atom is 0.243 e. The number of rotatable bonds is 5. The van der Waals surface area contributed by atoms with Crippen molar-refractivity contribution in [1.82, 2.24) is 15.5 Å². The van der Waals surface area contributed by atoms with E-state index in [1.165, 1.54) is 18.4 Å². The predicted octanol–water partition coefficient (Wildman–Crippen LogP) is 2.52. The Kier molecular flexibility index (Phi) is 7.71. The zero-order valence-electron chi connectivity index (χ0n) is 17.2. The van der Waals surface area contributed by atoms with E-state index in [1.807, 2.05) is 0 Å². The molecule has 6 heteroatoms. The molecule has 3 rings (SSSR count). The van der Waals surface area contributed by atoms with Gasteiger partial charge in [0.15, 0.2) is 5.96 Å². The highest BCUT2D eigenvalue weighted by Crippen LogP contribution is 2.32. The van der Waals surface area contributed by atoms with Crippen molar-refractivity contribution in [1.29, 1.82) is 0 Å². The summed E-state index contributed by atoms with van der Waals surface area (Å²) >= 11 is 0. The fourth-order valence-corrected chi connectivity index (χ4v) is 3.95. The molecule has 0 unspecified atom stereocenters. The van der Waals surface area contributed by atoms with Crippen LogP contribution in [0.3, 0.4) is 0 Å². The van der Waals surface area contributed by atoms with Gasteiger partial charge < -0.3 is 20.3 Å². The Labute approximate surface area is 168 Å². The summed E-state index contributed by atoms with van der Waals surface area (Å²) < 4.78 is 5.45. The Morgan fingerprint density at radius 3 is 2.21 bits per heavy atom. The average molecular weight is 387 g/mol.